The summed E-state index contributed by atoms with van der Waals surface area (Å²) < 4.78 is 0. The van der Waals surface area contributed by atoms with Crippen molar-refractivity contribution in [3.05, 3.63) is 34.4 Å². The van der Waals surface area contributed by atoms with Crippen LogP contribution in [-0.4, -0.2) is 0 Å². The van der Waals surface area contributed by atoms with E-state index in [9.17, 15) is 0 Å². The van der Waals surface area contributed by atoms with Crippen LogP contribution in [-0.2, 0) is 0 Å². The molecule has 0 aromatic heterocycles. The number of hydrogen-bond donors (Lipinski definition) is 0. The highest BCUT2D eigenvalue weighted by Crippen LogP contribution is 2.25. The molecule has 0 saturated heterocycles. The van der Waals surface area contributed by atoms with E-state index in [1.165, 1.54) is 36.8 Å². The van der Waals surface area contributed by atoms with Gasteiger partial charge < -0.3 is 0 Å². The normalized spacial score (nSPS) is 15.6. The molecular formula is C21H38. The smallest absolute Gasteiger partial charge is 0.0197 e. The summed E-state index contributed by atoms with van der Waals surface area (Å²) in [5, 5.41) is 0. The third kappa shape index (κ3) is 10.6. The molecule has 0 aliphatic carbocycles. The summed E-state index contributed by atoms with van der Waals surface area (Å²) in [5.41, 5.74) is 6.52. The van der Waals surface area contributed by atoms with Gasteiger partial charge in [0.05, 0.1) is 0 Å². The molecule has 0 heteroatoms. The molecule has 0 aromatic rings. The highest BCUT2D eigenvalue weighted by molar-refractivity contribution is 5.15. The number of allylic oxidation sites excluding steroid dienone is 6. The molecule has 0 nitrogen and oxygen atoms in total. The third-order valence-electron chi connectivity index (χ3n) is 4.25. The summed E-state index contributed by atoms with van der Waals surface area (Å²) in [6.07, 6.45) is 9.54. The molecule has 0 heterocycles. The van der Waals surface area contributed by atoms with E-state index in [-0.39, 0.29) is 0 Å². The van der Waals surface area contributed by atoms with E-state index in [2.05, 4.69) is 74.5 Å². The van der Waals surface area contributed by atoms with Gasteiger partial charge in [-0.1, -0.05) is 62.1 Å². The monoisotopic (exact) mass is 290 g/mol. The van der Waals surface area contributed by atoms with Crippen LogP contribution in [0.2, 0.25) is 0 Å². The van der Waals surface area contributed by atoms with E-state index in [4.69, 9.17) is 0 Å². The Balaban J connectivity index is 4.48. The van der Waals surface area contributed by atoms with Crippen LogP contribution in [0.1, 0.15) is 88.0 Å². The third-order valence-corrected chi connectivity index (χ3v) is 4.25. The molecule has 0 spiro atoms. The van der Waals surface area contributed by atoms with Gasteiger partial charge in [0.15, 0.2) is 0 Å². The maximum absolute atomic E-state index is 2.43. The first kappa shape index (κ1) is 20.2. The van der Waals surface area contributed by atoms with Gasteiger partial charge in [0.1, 0.15) is 0 Å². The summed E-state index contributed by atoms with van der Waals surface area (Å²) in [6, 6.07) is 0. The Morgan fingerprint density at radius 3 is 1.95 bits per heavy atom. The Hall–Kier alpha value is -0.780. The maximum Gasteiger partial charge on any atom is -0.0197 e. The van der Waals surface area contributed by atoms with E-state index in [0.29, 0.717) is 11.3 Å². The van der Waals surface area contributed by atoms with E-state index in [1.807, 2.05) is 0 Å². The molecule has 21 heavy (non-hydrogen) atoms. The Bertz CT molecular complexity index is 392. The fraction of sp³-hybridized carbons (Fsp3) is 0.714. The first-order valence-electron chi connectivity index (χ1n) is 8.48. The van der Waals surface area contributed by atoms with Crippen LogP contribution < -0.4 is 0 Å². The largest absolute Gasteiger partial charge is 0.0853 e. The van der Waals surface area contributed by atoms with Crippen LogP contribution >= 0.6 is 0 Å². The molecule has 0 aliphatic rings. The highest BCUT2D eigenvalue weighted by Gasteiger charge is 2.09. The average molecular weight is 291 g/mol. The van der Waals surface area contributed by atoms with Crippen molar-refractivity contribution in [1.29, 1.82) is 0 Å². The average Bonchev–Trinajstić information content (AvgIpc) is 2.37. The van der Waals surface area contributed by atoms with Crippen LogP contribution in [0, 0.1) is 11.3 Å². The van der Waals surface area contributed by atoms with Crippen molar-refractivity contribution in [2.45, 2.75) is 88.0 Å². The molecule has 0 fully saturated rings. The predicted molar refractivity (Wildman–Crippen MR) is 98.6 cm³/mol. The van der Waals surface area contributed by atoms with E-state index in [0.717, 1.165) is 0 Å². The first-order chi connectivity index (χ1) is 9.53. The lowest BCUT2D eigenvalue weighted by Gasteiger charge is -2.17. The minimum Gasteiger partial charge on any atom is -0.0853 e. The lowest BCUT2D eigenvalue weighted by molar-refractivity contribution is 0.419. The van der Waals surface area contributed by atoms with Crippen molar-refractivity contribution in [2.75, 3.05) is 0 Å². The van der Waals surface area contributed by atoms with Crippen molar-refractivity contribution < 1.29 is 0 Å². The van der Waals surface area contributed by atoms with Gasteiger partial charge in [-0.2, -0.15) is 0 Å². The highest BCUT2D eigenvalue weighted by atomic mass is 14.1. The molecule has 0 bridgehead atoms. The first-order valence-corrected chi connectivity index (χ1v) is 8.48. The van der Waals surface area contributed by atoms with Gasteiger partial charge in [-0.05, 0) is 71.6 Å². The molecule has 1 unspecified atom stereocenters. The minimum absolute atomic E-state index is 0.404. The van der Waals surface area contributed by atoms with Gasteiger partial charge in [-0.15, -0.1) is 0 Å². The SMILES string of the molecule is CC(C)=CCC(C)/C(C)=C(\C)CC/C(C)=C/CC(C)(C)C. The van der Waals surface area contributed by atoms with Crippen molar-refractivity contribution in [2.24, 2.45) is 11.3 Å². The fourth-order valence-corrected chi connectivity index (χ4v) is 2.17. The van der Waals surface area contributed by atoms with Gasteiger partial charge >= 0.3 is 0 Å². The topological polar surface area (TPSA) is 0 Å². The zero-order valence-corrected chi connectivity index (χ0v) is 16.1. The molecular weight excluding hydrogens is 252 g/mol. The van der Waals surface area contributed by atoms with E-state index >= 15 is 0 Å². The Kier molecular flexibility index (Phi) is 8.94. The van der Waals surface area contributed by atoms with E-state index < -0.39 is 0 Å². The van der Waals surface area contributed by atoms with Crippen molar-refractivity contribution in [1.82, 2.24) is 0 Å². The van der Waals surface area contributed by atoms with Crippen LogP contribution in [0.4, 0.5) is 0 Å². The molecule has 0 aromatic carbocycles. The minimum atomic E-state index is 0.404. The molecule has 0 amide bonds. The molecule has 0 N–H and O–H groups in total. The summed E-state index contributed by atoms with van der Waals surface area (Å²) >= 11 is 0. The zero-order valence-electron chi connectivity index (χ0n) is 16.1. The second-order valence-corrected chi connectivity index (χ2v) is 8.20. The molecule has 0 saturated carbocycles. The second kappa shape index (κ2) is 9.28. The summed E-state index contributed by atoms with van der Waals surface area (Å²) in [6.45, 7) is 20.5. The predicted octanol–water partition coefficient (Wildman–Crippen LogP) is 7.48. The standard InChI is InChI=1S/C21H38/c1-16(2)10-12-18(4)20(6)19(5)13-11-17(3)14-15-21(7,8)9/h10,14,18H,11-13,15H2,1-9H3/b17-14+,20-19+. The molecule has 1 atom stereocenters. The van der Waals surface area contributed by atoms with Crippen molar-refractivity contribution >= 4 is 0 Å². The summed E-state index contributed by atoms with van der Waals surface area (Å²) in [4.78, 5) is 0. The Morgan fingerprint density at radius 1 is 0.905 bits per heavy atom. The summed E-state index contributed by atoms with van der Waals surface area (Å²) in [5.74, 6) is 0.666. The quantitative estimate of drug-likeness (QED) is 0.426. The van der Waals surface area contributed by atoms with Gasteiger partial charge in [0.25, 0.3) is 0 Å². The molecule has 122 valence electrons. The van der Waals surface area contributed by atoms with Crippen LogP contribution in [0.25, 0.3) is 0 Å². The fourth-order valence-electron chi connectivity index (χ4n) is 2.17. The van der Waals surface area contributed by atoms with Gasteiger partial charge in [-0.25, -0.2) is 0 Å². The Morgan fingerprint density at radius 2 is 1.48 bits per heavy atom. The van der Waals surface area contributed by atoms with Gasteiger partial charge in [0, 0.05) is 0 Å². The zero-order chi connectivity index (χ0) is 16.6. The lowest BCUT2D eigenvalue weighted by Crippen LogP contribution is -2.02. The van der Waals surface area contributed by atoms with Crippen molar-refractivity contribution in [3.63, 3.8) is 0 Å². The molecule has 0 rings (SSSR count). The van der Waals surface area contributed by atoms with Crippen molar-refractivity contribution in [3.8, 4) is 0 Å². The maximum atomic E-state index is 2.43. The van der Waals surface area contributed by atoms with Crippen LogP contribution in [0.5, 0.6) is 0 Å². The van der Waals surface area contributed by atoms with Crippen LogP contribution in [0.15, 0.2) is 34.4 Å². The lowest BCUT2D eigenvalue weighted by atomic mass is 9.89. The summed E-state index contributed by atoms with van der Waals surface area (Å²) in [7, 11) is 0. The second-order valence-electron chi connectivity index (χ2n) is 8.20. The number of hydrogen-bond acceptors (Lipinski definition) is 0. The van der Waals surface area contributed by atoms with Crippen LogP contribution in [0.3, 0.4) is 0 Å². The molecule has 0 radical (unpaired) electrons. The van der Waals surface area contributed by atoms with E-state index in [1.54, 1.807) is 11.1 Å². The van der Waals surface area contributed by atoms with Gasteiger partial charge in [-0.3, -0.25) is 0 Å². The molecule has 0 aliphatic heterocycles. The van der Waals surface area contributed by atoms with Gasteiger partial charge in [0.2, 0.25) is 0 Å². The number of rotatable bonds is 7. The Labute approximate surface area is 134 Å².